The molecule has 0 unspecified atom stereocenters. The van der Waals surface area contributed by atoms with Crippen LogP contribution in [0.4, 0.5) is 5.69 Å². The van der Waals surface area contributed by atoms with Crippen molar-refractivity contribution in [3.05, 3.63) is 70.3 Å². The average molecular weight is 403 g/mol. The molecule has 1 amide bonds. The summed E-state index contributed by atoms with van der Waals surface area (Å²) in [5.41, 5.74) is 3.03. The number of ether oxygens (including phenoxy) is 1. The van der Waals surface area contributed by atoms with Crippen molar-refractivity contribution in [3.8, 4) is 0 Å². The summed E-state index contributed by atoms with van der Waals surface area (Å²) < 4.78 is 6.25. The van der Waals surface area contributed by atoms with Gasteiger partial charge in [0.15, 0.2) is 0 Å². The summed E-state index contributed by atoms with van der Waals surface area (Å²) in [6.45, 7) is 0.599. The van der Waals surface area contributed by atoms with E-state index in [1.54, 1.807) is 22.8 Å². The molecule has 0 aliphatic carbocycles. The average Bonchev–Trinajstić information content (AvgIpc) is 3.15. The quantitative estimate of drug-likeness (QED) is 0.661. The van der Waals surface area contributed by atoms with Crippen LogP contribution in [0, 0.1) is 0 Å². The number of carbonyl (C=O) groups excluding carboxylic acids is 2. The molecule has 7 nitrogen and oxygen atoms in total. The van der Waals surface area contributed by atoms with E-state index < -0.39 is 5.97 Å². The Morgan fingerprint density at radius 1 is 1.17 bits per heavy atom. The Kier molecular flexibility index (Phi) is 5.43. The zero-order valence-corrected chi connectivity index (χ0v) is 16.6. The molecule has 2 heterocycles. The second kappa shape index (κ2) is 8.32. The fourth-order valence-electron chi connectivity index (χ4n) is 3.52. The third-order valence-electron chi connectivity index (χ3n) is 5.06. The number of anilines is 1. The molecule has 1 aliphatic rings. The maximum absolute atomic E-state index is 12.9. The van der Waals surface area contributed by atoms with E-state index in [0.717, 1.165) is 17.6 Å². The van der Waals surface area contributed by atoms with Crippen molar-refractivity contribution in [2.24, 2.45) is 0 Å². The van der Waals surface area contributed by atoms with Crippen molar-refractivity contribution < 1.29 is 14.3 Å². The third kappa shape index (κ3) is 4.00. The third-order valence-corrected chi connectivity index (χ3v) is 5.06. The summed E-state index contributed by atoms with van der Waals surface area (Å²) >= 11 is 0. The monoisotopic (exact) mass is 403 g/mol. The molecule has 152 valence electrons. The van der Waals surface area contributed by atoms with Gasteiger partial charge in [0.05, 0.1) is 24.4 Å². The number of nitrogens with zero attached hydrogens (tertiary/aromatic N) is 2. The molecule has 3 aromatic rings. The zero-order chi connectivity index (χ0) is 21.1. The molecule has 7 heteroatoms. The minimum absolute atomic E-state index is 0.0106. The van der Waals surface area contributed by atoms with E-state index in [9.17, 15) is 14.4 Å². The molecule has 30 heavy (non-hydrogen) atoms. The van der Waals surface area contributed by atoms with Gasteiger partial charge in [-0.25, -0.2) is 4.98 Å². The predicted octanol–water partition coefficient (Wildman–Crippen LogP) is 3.23. The number of hydrogen-bond acceptors (Lipinski definition) is 5. The van der Waals surface area contributed by atoms with Gasteiger partial charge in [-0.15, -0.1) is 0 Å². The molecule has 1 aliphatic heterocycles. The lowest BCUT2D eigenvalue weighted by atomic mass is 10.1. The summed E-state index contributed by atoms with van der Waals surface area (Å²) in [6, 6.07) is 15.0. The summed E-state index contributed by atoms with van der Waals surface area (Å²) in [5.74, 6) is -0.0838. The van der Waals surface area contributed by atoms with Gasteiger partial charge >= 0.3 is 5.97 Å². The largest absolute Gasteiger partial charge is 0.469 e. The van der Waals surface area contributed by atoms with E-state index >= 15 is 0 Å². The lowest BCUT2D eigenvalue weighted by molar-refractivity contribution is -0.141. The van der Waals surface area contributed by atoms with Gasteiger partial charge in [-0.3, -0.25) is 19.0 Å². The molecule has 1 aromatic heterocycles. The number of carbonyl (C=O) groups is 2. The minimum Gasteiger partial charge on any atom is -0.469 e. The van der Waals surface area contributed by atoms with Crippen molar-refractivity contribution in [1.82, 2.24) is 9.55 Å². The lowest BCUT2D eigenvalue weighted by Gasteiger charge is -2.09. The highest BCUT2D eigenvalue weighted by Crippen LogP contribution is 2.28. The van der Waals surface area contributed by atoms with Crippen molar-refractivity contribution in [2.75, 3.05) is 12.4 Å². The minimum atomic E-state index is -0.438. The summed E-state index contributed by atoms with van der Waals surface area (Å²) in [6.07, 6.45) is 2.83. The number of amides is 1. The second-order valence-electron chi connectivity index (χ2n) is 7.08. The van der Waals surface area contributed by atoms with E-state index in [1.807, 2.05) is 30.3 Å². The number of rotatable bonds is 5. The van der Waals surface area contributed by atoms with Crippen molar-refractivity contribution in [3.63, 3.8) is 0 Å². The van der Waals surface area contributed by atoms with E-state index in [-0.39, 0.29) is 24.3 Å². The first-order valence-corrected chi connectivity index (χ1v) is 9.72. The number of benzene rings is 2. The molecule has 0 radical (unpaired) electrons. The van der Waals surface area contributed by atoms with Crippen LogP contribution in [0.25, 0.3) is 22.6 Å². The first-order valence-electron chi connectivity index (χ1n) is 9.72. The maximum Gasteiger partial charge on any atom is 0.306 e. The smallest absolute Gasteiger partial charge is 0.306 e. The van der Waals surface area contributed by atoms with Crippen LogP contribution in [0.15, 0.2) is 53.3 Å². The van der Waals surface area contributed by atoms with Gasteiger partial charge in [0, 0.05) is 18.7 Å². The SMILES string of the molecule is COC(=O)CCC(=O)Nc1ccc2c(=O)n3c(nc2c1)C(=Cc1ccccc1)CC3. The molecule has 4 rings (SSSR count). The molecule has 0 saturated carbocycles. The molecule has 0 bridgehead atoms. The van der Waals surface area contributed by atoms with Gasteiger partial charge in [0.1, 0.15) is 5.82 Å². The molecule has 0 spiro atoms. The lowest BCUT2D eigenvalue weighted by Crippen LogP contribution is -2.21. The van der Waals surface area contributed by atoms with Crippen LogP contribution in [-0.2, 0) is 20.9 Å². The van der Waals surface area contributed by atoms with Crippen LogP contribution in [0.5, 0.6) is 0 Å². The van der Waals surface area contributed by atoms with Crippen LogP contribution >= 0.6 is 0 Å². The van der Waals surface area contributed by atoms with Gasteiger partial charge in [-0.05, 0) is 41.8 Å². The first kappa shape index (κ1) is 19.6. The van der Waals surface area contributed by atoms with Crippen molar-refractivity contribution in [1.29, 1.82) is 0 Å². The van der Waals surface area contributed by atoms with Crippen LogP contribution in [0.2, 0.25) is 0 Å². The number of esters is 1. The maximum atomic E-state index is 12.9. The summed E-state index contributed by atoms with van der Waals surface area (Å²) in [4.78, 5) is 40.9. The summed E-state index contributed by atoms with van der Waals surface area (Å²) in [7, 11) is 1.28. The molecule has 0 saturated heterocycles. The van der Waals surface area contributed by atoms with Crippen LogP contribution in [0.1, 0.15) is 30.7 Å². The van der Waals surface area contributed by atoms with E-state index in [4.69, 9.17) is 4.98 Å². The number of allylic oxidation sites excluding steroid dienone is 1. The van der Waals surface area contributed by atoms with Crippen molar-refractivity contribution in [2.45, 2.75) is 25.8 Å². The highest BCUT2D eigenvalue weighted by molar-refractivity contribution is 5.95. The first-order chi connectivity index (χ1) is 14.5. The number of nitrogens with one attached hydrogen (secondary N) is 1. The summed E-state index contributed by atoms with van der Waals surface area (Å²) in [5, 5.41) is 3.25. The van der Waals surface area contributed by atoms with Crippen LogP contribution < -0.4 is 10.9 Å². The van der Waals surface area contributed by atoms with Crippen molar-refractivity contribution >= 4 is 40.1 Å². The van der Waals surface area contributed by atoms with E-state index in [1.165, 1.54) is 7.11 Å². The van der Waals surface area contributed by atoms with Crippen LogP contribution in [-0.4, -0.2) is 28.5 Å². The van der Waals surface area contributed by atoms with Gasteiger partial charge in [0.2, 0.25) is 5.91 Å². The normalized spacial score (nSPS) is 14.0. The van der Waals surface area contributed by atoms with Gasteiger partial charge in [-0.2, -0.15) is 0 Å². The number of hydrogen-bond donors (Lipinski definition) is 1. The number of fused-ring (bicyclic) bond motifs is 2. The van der Waals surface area contributed by atoms with Gasteiger partial charge in [-0.1, -0.05) is 30.3 Å². The van der Waals surface area contributed by atoms with E-state index in [0.29, 0.717) is 29.0 Å². The Balaban J connectivity index is 1.64. The zero-order valence-electron chi connectivity index (χ0n) is 16.6. The molecular weight excluding hydrogens is 382 g/mol. The molecule has 1 N–H and O–H groups in total. The number of methoxy groups -OCH3 is 1. The predicted molar refractivity (Wildman–Crippen MR) is 115 cm³/mol. The highest BCUT2D eigenvalue weighted by atomic mass is 16.5. The van der Waals surface area contributed by atoms with Gasteiger partial charge < -0.3 is 10.1 Å². The fraction of sp³-hybridized carbons (Fsp3) is 0.217. The Bertz CT molecular complexity index is 1210. The van der Waals surface area contributed by atoms with Gasteiger partial charge in [0.25, 0.3) is 5.56 Å². The fourth-order valence-corrected chi connectivity index (χ4v) is 3.52. The second-order valence-corrected chi connectivity index (χ2v) is 7.08. The highest BCUT2D eigenvalue weighted by Gasteiger charge is 2.21. The Hall–Kier alpha value is -3.74. The topological polar surface area (TPSA) is 90.3 Å². The molecule has 0 fully saturated rings. The number of aromatic nitrogens is 2. The Morgan fingerprint density at radius 2 is 1.97 bits per heavy atom. The molecule has 2 aromatic carbocycles. The molecular formula is C23H21N3O4. The standard InChI is InChI=1S/C23H21N3O4/c1-30-21(28)10-9-20(27)24-17-7-8-18-19(14-17)25-22-16(11-12-26(22)23(18)29)13-15-5-3-2-4-6-15/h2-8,13-14H,9-12H2,1H3,(H,24,27). The van der Waals surface area contributed by atoms with Crippen LogP contribution in [0.3, 0.4) is 0 Å². The Labute approximate surface area is 173 Å². The van der Waals surface area contributed by atoms with E-state index in [2.05, 4.69) is 16.1 Å². The Morgan fingerprint density at radius 3 is 2.73 bits per heavy atom. The molecule has 0 atom stereocenters.